The predicted molar refractivity (Wildman–Crippen MR) is 68.8 cm³/mol. The van der Waals surface area contributed by atoms with Crippen molar-refractivity contribution in [3.05, 3.63) is 11.3 Å². The molecule has 17 heavy (non-hydrogen) atoms. The van der Waals surface area contributed by atoms with Crippen LogP contribution in [0.5, 0.6) is 0 Å². The van der Waals surface area contributed by atoms with E-state index in [0.29, 0.717) is 5.70 Å². The lowest BCUT2D eigenvalue weighted by molar-refractivity contribution is -0.114. The number of primary amides is 1. The normalized spacial score (nSPS) is 25.0. The number of hydrazone groups is 1. The SMILES string of the molecule is CC(N/N=C(/C)CC1C[C@@H]1C)=C(C=N)C(N)=O. The third kappa shape index (κ3) is 4.01. The molecule has 4 N–H and O–H groups in total. The summed E-state index contributed by atoms with van der Waals surface area (Å²) in [7, 11) is 0. The van der Waals surface area contributed by atoms with E-state index in [4.69, 9.17) is 11.1 Å². The van der Waals surface area contributed by atoms with Gasteiger partial charge < -0.3 is 11.1 Å². The van der Waals surface area contributed by atoms with Crippen molar-refractivity contribution in [2.45, 2.75) is 33.6 Å². The fourth-order valence-electron chi connectivity index (χ4n) is 1.71. The Kier molecular flexibility index (Phi) is 4.43. The van der Waals surface area contributed by atoms with E-state index in [1.807, 2.05) is 6.92 Å². The maximum Gasteiger partial charge on any atom is 0.252 e. The van der Waals surface area contributed by atoms with Gasteiger partial charge in [-0.25, -0.2) is 0 Å². The molecule has 0 saturated heterocycles. The van der Waals surface area contributed by atoms with Gasteiger partial charge in [-0.3, -0.25) is 10.2 Å². The zero-order chi connectivity index (χ0) is 13.0. The quantitative estimate of drug-likeness (QED) is 0.369. The van der Waals surface area contributed by atoms with Gasteiger partial charge in [0, 0.05) is 17.6 Å². The van der Waals surface area contributed by atoms with Crippen molar-refractivity contribution < 1.29 is 4.79 Å². The maximum absolute atomic E-state index is 11.0. The van der Waals surface area contributed by atoms with E-state index in [1.54, 1.807) is 6.92 Å². The molecule has 5 heteroatoms. The third-order valence-electron chi connectivity index (χ3n) is 3.06. The first-order valence-electron chi connectivity index (χ1n) is 5.76. The number of rotatable bonds is 6. The van der Waals surface area contributed by atoms with Crippen LogP contribution in [0.4, 0.5) is 0 Å². The molecule has 0 heterocycles. The molecule has 1 aliphatic rings. The van der Waals surface area contributed by atoms with Crippen molar-refractivity contribution in [3.8, 4) is 0 Å². The Morgan fingerprint density at radius 3 is 2.59 bits per heavy atom. The smallest absolute Gasteiger partial charge is 0.252 e. The standard InChI is InChI=1S/C12H20N4O/c1-7-4-10(7)5-8(2)15-16-9(3)11(6-13)12(14)17/h6-7,10,13,16H,4-5H2,1-3H3,(H2,14,17)/b11-9?,13-6?,15-8-/t7-,10?/m0/s1. The summed E-state index contributed by atoms with van der Waals surface area (Å²) in [4.78, 5) is 11.0. The molecule has 94 valence electrons. The minimum atomic E-state index is -0.617. The predicted octanol–water partition coefficient (Wildman–Crippen LogP) is 1.41. The van der Waals surface area contributed by atoms with E-state index in [-0.39, 0.29) is 5.57 Å². The highest BCUT2D eigenvalue weighted by molar-refractivity contribution is 6.11. The van der Waals surface area contributed by atoms with Crippen LogP contribution < -0.4 is 11.2 Å². The molecule has 1 rings (SSSR count). The Labute approximate surface area is 102 Å². The molecule has 0 aliphatic heterocycles. The van der Waals surface area contributed by atoms with Crippen molar-refractivity contribution in [3.63, 3.8) is 0 Å². The molecule has 0 aromatic carbocycles. The second-order valence-corrected chi connectivity index (χ2v) is 4.68. The molecule has 0 bridgehead atoms. The highest BCUT2D eigenvalue weighted by Gasteiger charge is 2.32. The summed E-state index contributed by atoms with van der Waals surface area (Å²) in [6.45, 7) is 5.87. The molecule has 5 nitrogen and oxygen atoms in total. The molecule has 0 aromatic rings. The van der Waals surface area contributed by atoms with Crippen molar-refractivity contribution in [2.24, 2.45) is 22.7 Å². The highest BCUT2D eigenvalue weighted by atomic mass is 16.1. The Balaban J connectivity index is 2.55. The van der Waals surface area contributed by atoms with Gasteiger partial charge in [0.05, 0.1) is 5.57 Å². The van der Waals surface area contributed by atoms with Crippen LogP contribution in [0.15, 0.2) is 16.4 Å². The van der Waals surface area contributed by atoms with E-state index in [9.17, 15) is 4.79 Å². The van der Waals surface area contributed by atoms with Crippen molar-refractivity contribution >= 4 is 17.8 Å². The average molecular weight is 236 g/mol. The summed E-state index contributed by atoms with van der Waals surface area (Å²) < 4.78 is 0. The first-order valence-corrected chi connectivity index (χ1v) is 5.76. The molecule has 0 radical (unpaired) electrons. The number of carbonyl (C=O) groups excluding carboxylic acids is 1. The number of nitrogens with one attached hydrogen (secondary N) is 2. The zero-order valence-corrected chi connectivity index (χ0v) is 10.6. The summed E-state index contributed by atoms with van der Waals surface area (Å²) >= 11 is 0. The molecular weight excluding hydrogens is 216 g/mol. The summed E-state index contributed by atoms with van der Waals surface area (Å²) in [5.41, 5.74) is 9.58. The number of allylic oxidation sites excluding steroid dienone is 1. The Morgan fingerprint density at radius 1 is 1.59 bits per heavy atom. The monoisotopic (exact) mass is 236 g/mol. The third-order valence-corrected chi connectivity index (χ3v) is 3.06. The first-order chi connectivity index (χ1) is 7.95. The molecule has 1 unspecified atom stereocenters. The Hall–Kier alpha value is -1.65. The van der Waals surface area contributed by atoms with Gasteiger partial charge in [0.1, 0.15) is 0 Å². The number of hydrogen-bond acceptors (Lipinski definition) is 4. The molecule has 2 atom stereocenters. The number of amides is 1. The minimum absolute atomic E-state index is 0.154. The van der Waals surface area contributed by atoms with E-state index >= 15 is 0 Å². The van der Waals surface area contributed by atoms with Crippen LogP contribution in [0, 0.1) is 17.2 Å². The lowest BCUT2D eigenvalue weighted by Gasteiger charge is -2.05. The molecular formula is C12H20N4O. The van der Waals surface area contributed by atoms with Crippen molar-refractivity contribution in [1.29, 1.82) is 5.41 Å². The Morgan fingerprint density at radius 2 is 2.18 bits per heavy atom. The summed E-state index contributed by atoms with van der Waals surface area (Å²) in [5.74, 6) is 0.941. The van der Waals surface area contributed by atoms with Gasteiger partial charge in [-0.2, -0.15) is 5.10 Å². The van der Waals surface area contributed by atoms with Gasteiger partial charge in [-0.1, -0.05) is 6.92 Å². The maximum atomic E-state index is 11.0. The van der Waals surface area contributed by atoms with E-state index in [1.165, 1.54) is 6.42 Å². The molecule has 1 saturated carbocycles. The van der Waals surface area contributed by atoms with E-state index in [2.05, 4.69) is 17.5 Å². The molecule has 1 amide bonds. The van der Waals surface area contributed by atoms with Gasteiger partial charge in [0.15, 0.2) is 0 Å². The number of nitrogens with zero attached hydrogens (tertiary/aromatic N) is 1. The van der Waals surface area contributed by atoms with Gasteiger partial charge in [0.2, 0.25) is 0 Å². The molecule has 0 aromatic heterocycles. The summed E-state index contributed by atoms with van der Waals surface area (Å²) in [5, 5.41) is 11.3. The van der Waals surface area contributed by atoms with Crippen LogP contribution in [0.25, 0.3) is 0 Å². The van der Waals surface area contributed by atoms with Crippen molar-refractivity contribution in [1.82, 2.24) is 5.43 Å². The van der Waals surface area contributed by atoms with Crippen LogP contribution in [0.1, 0.15) is 33.6 Å². The van der Waals surface area contributed by atoms with Crippen LogP contribution in [0.3, 0.4) is 0 Å². The lowest BCUT2D eigenvalue weighted by Crippen LogP contribution is -2.20. The topological polar surface area (TPSA) is 91.3 Å². The average Bonchev–Trinajstić information content (AvgIpc) is 2.91. The number of carbonyl (C=O) groups is 1. The van der Waals surface area contributed by atoms with Gasteiger partial charge in [-0.05, 0) is 38.5 Å². The minimum Gasteiger partial charge on any atom is -0.365 e. The Bertz CT molecular complexity index is 384. The van der Waals surface area contributed by atoms with Crippen molar-refractivity contribution in [2.75, 3.05) is 0 Å². The second kappa shape index (κ2) is 5.61. The number of nitrogens with two attached hydrogens (primary N) is 1. The fraction of sp³-hybridized carbons (Fsp3) is 0.583. The molecule has 0 spiro atoms. The van der Waals surface area contributed by atoms with Crippen LogP contribution in [-0.2, 0) is 4.79 Å². The summed E-state index contributed by atoms with van der Waals surface area (Å²) in [6.07, 6.45) is 3.20. The lowest BCUT2D eigenvalue weighted by atomic mass is 10.2. The summed E-state index contributed by atoms with van der Waals surface area (Å²) in [6, 6.07) is 0. The highest BCUT2D eigenvalue weighted by Crippen LogP contribution is 2.40. The van der Waals surface area contributed by atoms with Crippen LogP contribution >= 0.6 is 0 Å². The fourth-order valence-corrected chi connectivity index (χ4v) is 1.71. The van der Waals surface area contributed by atoms with Gasteiger partial charge >= 0.3 is 0 Å². The largest absolute Gasteiger partial charge is 0.365 e. The zero-order valence-electron chi connectivity index (χ0n) is 10.6. The van der Waals surface area contributed by atoms with Gasteiger partial charge in [0.25, 0.3) is 5.91 Å². The molecule has 1 fully saturated rings. The van der Waals surface area contributed by atoms with Gasteiger partial charge in [-0.15, -0.1) is 0 Å². The van der Waals surface area contributed by atoms with E-state index in [0.717, 1.165) is 30.2 Å². The number of hydrogen-bond donors (Lipinski definition) is 3. The first kappa shape index (κ1) is 13.4. The second-order valence-electron chi connectivity index (χ2n) is 4.68. The van der Waals surface area contributed by atoms with Crippen LogP contribution in [0.2, 0.25) is 0 Å². The van der Waals surface area contributed by atoms with Crippen LogP contribution in [-0.4, -0.2) is 17.8 Å². The van der Waals surface area contributed by atoms with E-state index < -0.39 is 5.91 Å². The molecule has 1 aliphatic carbocycles.